The minimum Gasteiger partial charge on any atom is -0.330 e. The highest BCUT2D eigenvalue weighted by molar-refractivity contribution is 5.96. The predicted molar refractivity (Wildman–Crippen MR) is 60.6 cm³/mol. The standard InChI is InChI=1S/C12H12FN3O/c13-12-9(6-15)2-1-3-10(12)16-7-8(5-14)4-11(16)17/h1-3,8H,4-5,7,14H2. The van der Waals surface area contributed by atoms with Gasteiger partial charge in [-0.1, -0.05) is 6.07 Å². The number of nitriles is 1. The summed E-state index contributed by atoms with van der Waals surface area (Å²) in [5, 5.41) is 8.74. The molecule has 0 bridgehead atoms. The topological polar surface area (TPSA) is 70.1 Å². The molecule has 1 saturated heterocycles. The van der Waals surface area contributed by atoms with Crippen LogP contribution in [0.3, 0.4) is 0 Å². The van der Waals surface area contributed by atoms with Gasteiger partial charge in [0, 0.05) is 13.0 Å². The molecule has 0 radical (unpaired) electrons. The van der Waals surface area contributed by atoms with Crippen molar-refractivity contribution in [2.45, 2.75) is 6.42 Å². The summed E-state index contributed by atoms with van der Waals surface area (Å²) in [6, 6.07) is 6.23. The third kappa shape index (κ3) is 1.99. The van der Waals surface area contributed by atoms with Crippen LogP contribution in [0, 0.1) is 23.1 Å². The normalized spacial score (nSPS) is 19.5. The van der Waals surface area contributed by atoms with Crippen molar-refractivity contribution >= 4 is 11.6 Å². The number of amides is 1. The van der Waals surface area contributed by atoms with E-state index in [9.17, 15) is 9.18 Å². The number of carbonyl (C=O) groups is 1. The second kappa shape index (κ2) is 4.52. The molecule has 4 nitrogen and oxygen atoms in total. The smallest absolute Gasteiger partial charge is 0.227 e. The van der Waals surface area contributed by atoms with Crippen molar-refractivity contribution in [3.05, 3.63) is 29.6 Å². The third-order valence-corrected chi connectivity index (χ3v) is 2.93. The molecule has 2 N–H and O–H groups in total. The van der Waals surface area contributed by atoms with Crippen LogP contribution in [0.4, 0.5) is 10.1 Å². The van der Waals surface area contributed by atoms with E-state index in [1.54, 1.807) is 12.1 Å². The number of rotatable bonds is 2. The van der Waals surface area contributed by atoms with Crippen molar-refractivity contribution in [1.29, 1.82) is 5.26 Å². The Labute approximate surface area is 98.4 Å². The lowest BCUT2D eigenvalue weighted by Gasteiger charge is -2.17. The minimum atomic E-state index is -0.638. The second-order valence-corrected chi connectivity index (χ2v) is 4.06. The lowest BCUT2D eigenvalue weighted by atomic mass is 10.1. The summed E-state index contributed by atoms with van der Waals surface area (Å²) in [6.45, 7) is 0.822. The Morgan fingerprint density at radius 1 is 1.59 bits per heavy atom. The van der Waals surface area contributed by atoms with E-state index < -0.39 is 5.82 Å². The largest absolute Gasteiger partial charge is 0.330 e. The van der Waals surface area contributed by atoms with Crippen LogP contribution in [0.1, 0.15) is 12.0 Å². The van der Waals surface area contributed by atoms with Crippen LogP contribution < -0.4 is 10.6 Å². The van der Waals surface area contributed by atoms with Crippen molar-refractivity contribution in [2.24, 2.45) is 11.7 Å². The van der Waals surface area contributed by atoms with Crippen LogP contribution in [-0.4, -0.2) is 19.0 Å². The molecule has 1 aromatic carbocycles. The van der Waals surface area contributed by atoms with Gasteiger partial charge in [0.05, 0.1) is 11.3 Å². The molecule has 1 heterocycles. The highest BCUT2D eigenvalue weighted by atomic mass is 19.1. The number of anilines is 1. The number of carbonyl (C=O) groups excluding carboxylic acids is 1. The van der Waals surface area contributed by atoms with Gasteiger partial charge in [0.1, 0.15) is 6.07 Å². The Morgan fingerprint density at radius 3 is 2.94 bits per heavy atom. The van der Waals surface area contributed by atoms with Crippen LogP contribution in [0.15, 0.2) is 18.2 Å². The van der Waals surface area contributed by atoms with Gasteiger partial charge in [-0.05, 0) is 24.6 Å². The Kier molecular flexibility index (Phi) is 3.07. The Balaban J connectivity index is 2.36. The summed E-state index contributed by atoms with van der Waals surface area (Å²) in [7, 11) is 0. The molecular formula is C12H12FN3O. The van der Waals surface area contributed by atoms with Gasteiger partial charge in [-0.3, -0.25) is 4.79 Å². The number of nitrogens with zero attached hydrogens (tertiary/aromatic N) is 2. The Hall–Kier alpha value is -1.93. The van der Waals surface area contributed by atoms with E-state index in [0.29, 0.717) is 19.5 Å². The first-order chi connectivity index (χ1) is 8.17. The molecule has 2 rings (SSSR count). The molecule has 1 atom stereocenters. The van der Waals surface area contributed by atoms with E-state index in [2.05, 4.69) is 0 Å². The van der Waals surface area contributed by atoms with E-state index in [1.807, 2.05) is 0 Å². The van der Waals surface area contributed by atoms with E-state index in [4.69, 9.17) is 11.0 Å². The van der Waals surface area contributed by atoms with Gasteiger partial charge in [-0.2, -0.15) is 5.26 Å². The van der Waals surface area contributed by atoms with Crippen molar-refractivity contribution < 1.29 is 9.18 Å². The highest BCUT2D eigenvalue weighted by Gasteiger charge is 2.31. The summed E-state index contributed by atoms with van der Waals surface area (Å²) in [5.74, 6) is -0.719. The zero-order valence-electron chi connectivity index (χ0n) is 9.19. The van der Waals surface area contributed by atoms with Crippen LogP contribution in [0.2, 0.25) is 0 Å². The van der Waals surface area contributed by atoms with Gasteiger partial charge in [0.2, 0.25) is 5.91 Å². The first-order valence-corrected chi connectivity index (χ1v) is 5.36. The molecule has 1 unspecified atom stereocenters. The number of hydrogen-bond acceptors (Lipinski definition) is 3. The summed E-state index contributed by atoms with van der Waals surface area (Å²) in [6.07, 6.45) is 0.340. The molecular weight excluding hydrogens is 221 g/mol. The molecule has 1 aromatic rings. The van der Waals surface area contributed by atoms with E-state index in [1.165, 1.54) is 17.0 Å². The lowest BCUT2D eigenvalue weighted by Crippen LogP contribution is -2.26. The van der Waals surface area contributed by atoms with Crippen LogP contribution in [0.5, 0.6) is 0 Å². The first-order valence-electron chi connectivity index (χ1n) is 5.36. The van der Waals surface area contributed by atoms with E-state index in [0.717, 1.165) is 0 Å². The maximum Gasteiger partial charge on any atom is 0.227 e. The van der Waals surface area contributed by atoms with Gasteiger partial charge < -0.3 is 10.6 Å². The first kappa shape index (κ1) is 11.6. The van der Waals surface area contributed by atoms with Crippen molar-refractivity contribution in [2.75, 3.05) is 18.0 Å². The zero-order chi connectivity index (χ0) is 12.4. The molecule has 1 aliphatic heterocycles. The van der Waals surface area contributed by atoms with Gasteiger partial charge in [-0.25, -0.2) is 4.39 Å². The summed E-state index contributed by atoms with van der Waals surface area (Å²) < 4.78 is 13.9. The van der Waals surface area contributed by atoms with Gasteiger partial charge in [-0.15, -0.1) is 0 Å². The summed E-state index contributed by atoms with van der Waals surface area (Å²) in [5.41, 5.74) is 5.63. The van der Waals surface area contributed by atoms with Crippen molar-refractivity contribution in [3.8, 4) is 6.07 Å². The lowest BCUT2D eigenvalue weighted by molar-refractivity contribution is -0.117. The molecule has 1 aliphatic rings. The maximum atomic E-state index is 13.9. The average Bonchev–Trinajstić information content (AvgIpc) is 2.71. The number of benzene rings is 1. The molecule has 1 amide bonds. The molecule has 1 fully saturated rings. The van der Waals surface area contributed by atoms with Gasteiger partial charge >= 0.3 is 0 Å². The molecule has 0 spiro atoms. The highest BCUT2D eigenvalue weighted by Crippen LogP contribution is 2.28. The third-order valence-electron chi connectivity index (χ3n) is 2.93. The molecule has 5 heteroatoms. The van der Waals surface area contributed by atoms with Crippen molar-refractivity contribution in [1.82, 2.24) is 0 Å². The number of halogens is 1. The quantitative estimate of drug-likeness (QED) is 0.828. The maximum absolute atomic E-state index is 13.9. The SMILES string of the molecule is N#Cc1cccc(N2CC(CN)CC2=O)c1F. The number of hydrogen-bond donors (Lipinski definition) is 1. The van der Waals surface area contributed by atoms with Crippen LogP contribution >= 0.6 is 0 Å². The fourth-order valence-electron chi connectivity index (χ4n) is 1.99. The van der Waals surface area contributed by atoms with Gasteiger partial charge in [0.15, 0.2) is 5.82 Å². The fourth-order valence-corrected chi connectivity index (χ4v) is 1.99. The molecule has 0 aliphatic carbocycles. The zero-order valence-corrected chi connectivity index (χ0v) is 9.19. The summed E-state index contributed by atoms with van der Waals surface area (Å²) >= 11 is 0. The fraction of sp³-hybridized carbons (Fsp3) is 0.333. The minimum absolute atomic E-state index is 0.0495. The van der Waals surface area contributed by atoms with Crippen molar-refractivity contribution in [3.63, 3.8) is 0 Å². The average molecular weight is 233 g/mol. The second-order valence-electron chi connectivity index (χ2n) is 4.06. The molecule has 88 valence electrons. The Bertz CT molecular complexity index is 495. The van der Waals surface area contributed by atoms with E-state index >= 15 is 0 Å². The number of nitrogens with two attached hydrogens (primary N) is 1. The Morgan fingerprint density at radius 2 is 2.35 bits per heavy atom. The van der Waals surface area contributed by atoms with Gasteiger partial charge in [0.25, 0.3) is 0 Å². The van der Waals surface area contributed by atoms with Crippen LogP contribution in [-0.2, 0) is 4.79 Å². The van der Waals surface area contributed by atoms with E-state index in [-0.39, 0.29) is 23.1 Å². The van der Waals surface area contributed by atoms with Crippen LogP contribution in [0.25, 0.3) is 0 Å². The monoisotopic (exact) mass is 233 g/mol. The summed E-state index contributed by atoms with van der Waals surface area (Å²) in [4.78, 5) is 13.1. The predicted octanol–water partition coefficient (Wildman–Crippen LogP) is 1.01. The molecule has 0 saturated carbocycles. The molecule has 0 aromatic heterocycles. The molecule has 17 heavy (non-hydrogen) atoms.